The number of rotatable bonds is 1. The number of hydrogen-bond acceptors (Lipinski definition) is 1. The highest BCUT2D eigenvalue weighted by molar-refractivity contribution is 6.18. The fraction of sp³-hybridized carbons (Fsp3) is 0.667. The van der Waals surface area contributed by atoms with E-state index in [1.807, 2.05) is 0 Å². The van der Waals surface area contributed by atoms with Crippen molar-refractivity contribution in [2.45, 2.75) is 6.04 Å². The van der Waals surface area contributed by atoms with Gasteiger partial charge in [-0.3, -0.25) is 0 Å². The van der Waals surface area contributed by atoms with Crippen LogP contribution < -0.4 is 5.73 Å². The molecule has 1 nitrogen and oxygen atoms in total. The van der Waals surface area contributed by atoms with Crippen LogP contribution in [-0.4, -0.2) is 11.9 Å². The minimum absolute atomic E-state index is 0.100. The first-order valence-electron chi connectivity index (χ1n) is 1.42. The Morgan fingerprint density at radius 1 is 2.00 bits per heavy atom. The van der Waals surface area contributed by atoms with Gasteiger partial charge in [0.25, 0.3) is 0 Å². The predicted molar refractivity (Wildman–Crippen MR) is 24.1 cm³/mol. The van der Waals surface area contributed by atoms with Crippen molar-refractivity contribution in [3.05, 3.63) is 6.92 Å². The van der Waals surface area contributed by atoms with Crippen LogP contribution >= 0.6 is 11.6 Å². The fourth-order valence-corrected chi connectivity index (χ4v) is 0. The van der Waals surface area contributed by atoms with Crippen molar-refractivity contribution in [2.75, 3.05) is 5.88 Å². The van der Waals surface area contributed by atoms with Crippen LogP contribution in [0.1, 0.15) is 0 Å². The van der Waals surface area contributed by atoms with Gasteiger partial charge in [-0.25, -0.2) is 0 Å². The summed E-state index contributed by atoms with van der Waals surface area (Å²) in [5.74, 6) is 0.444. The van der Waals surface area contributed by atoms with E-state index in [0.29, 0.717) is 5.88 Å². The zero-order valence-corrected chi connectivity index (χ0v) is 3.70. The molecule has 0 rings (SSSR count). The number of nitrogens with two attached hydrogens (primary N) is 1. The van der Waals surface area contributed by atoms with Crippen LogP contribution in [-0.2, 0) is 0 Å². The van der Waals surface area contributed by atoms with Gasteiger partial charge in [-0.1, -0.05) is 0 Å². The topological polar surface area (TPSA) is 26.0 Å². The zero-order valence-electron chi connectivity index (χ0n) is 2.95. The molecule has 2 N–H and O–H groups in total. The Balaban J connectivity index is 2.54. The molecule has 0 saturated carbocycles. The summed E-state index contributed by atoms with van der Waals surface area (Å²) in [4.78, 5) is 0. The molecule has 31 valence electrons. The summed E-state index contributed by atoms with van der Waals surface area (Å²) >= 11 is 5.15. The lowest BCUT2D eigenvalue weighted by molar-refractivity contribution is 0.931. The lowest BCUT2D eigenvalue weighted by Gasteiger charge is -1.89. The van der Waals surface area contributed by atoms with E-state index >= 15 is 0 Å². The van der Waals surface area contributed by atoms with Crippen molar-refractivity contribution in [2.24, 2.45) is 5.73 Å². The summed E-state index contributed by atoms with van der Waals surface area (Å²) in [7, 11) is 0. The molecule has 1 atom stereocenters. The highest BCUT2D eigenvalue weighted by atomic mass is 35.5. The van der Waals surface area contributed by atoms with Crippen molar-refractivity contribution in [3.63, 3.8) is 0 Å². The first-order chi connectivity index (χ1) is 2.27. The van der Waals surface area contributed by atoms with Crippen molar-refractivity contribution < 1.29 is 0 Å². The van der Waals surface area contributed by atoms with Crippen LogP contribution in [0.3, 0.4) is 0 Å². The van der Waals surface area contributed by atoms with Gasteiger partial charge in [0.1, 0.15) is 0 Å². The van der Waals surface area contributed by atoms with Gasteiger partial charge >= 0.3 is 0 Å². The van der Waals surface area contributed by atoms with Gasteiger partial charge in [0.05, 0.1) is 0 Å². The molecule has 0 aliphatic rings. The molecule has 0 heterocycles. The van der Waals surface area contributed by atoms with Gasteiger partial charge in [-0.05, 0) is 6.92 Å². The summed E-state index contributed by atoms with van der Waals surface area (Å²) in [5.41, 5.74) is 5.05. The summed E-state index contributed by atoms with van der Waals surface area (Å²) in [6.45, 7) is 3.40. The van der Waals surface area contributed by atoms with Gasteiger partial charge < -0.3 is 5.73 Å². The molecule has 0 saturated heterocycles. The van der Waals surface area contributed by atoms with E-state index in [0.717, 1.165) is 0 Å². The third kappa shape index (κ3) is 4.25. The Morgan fingerprint density at radius 3 is 2.20 bits per heavy atom. The Morgan fingerprint density at radius 2 is 2.20 bits per heavy atom. The summed E-state index contributed by atoms with van der Waals surface area (Å²) < 4.78 is 0. The molecule has 1 radical (unpaired) electrons. The van der Waals surface area contributed by atoms with Gasteiger partial charge in [0.2, 0.25) is 0 Å². The molecule has 0 aromatic rings. The molecule has 0 bridgehead atoms. The Kier molecular flexibility index (Phi) is 2.61. The quantitative estimate of drug-likeness (QED) is 0.465. The van der Waals surface area contributed by atoms with Gasteiger partial charge in [0.15, 0.2) is 0 Å². The lowest BCUT2D eigenvalue weighted by atomic mass is 10.4. The molecular weight excluding hydrogens is 85.5 g/mol. The van der Waals surface area contributed by atoms with E-state index in [2.05, 4.69) is 6.92 Å². The van der Waals surface area contributed by atoms with Crippen molar-refractivity contribution in [3.8, 4) is 0 Å². The van der Waals surface area contributed by atoms with E-state index in [1.165, 1.54) is 0 Å². The maximum atomic E-state index is 5.15. The molecule has 0 fully saturated rings. The normalized spacial score (nSPS) is 15.0. The third-order valence-corrected chi connectivity index (χ3v) is 0.595. The average Bonchev–Trinajstić information content (AvgIpc) is 1.38. The van der Waals surface area contributed by atoms with E-state index < -0.39 is 0 Å². The average molecular weight is 92.5 g/mol. The van der Waals surface area contributed by atoms with Crippen LogP contribution in [0, 0.1) is 6.92 Å². The van der Waals surface area contributed by atoms with E-state index in [1.54, 1.807) is 0 Å². The first kappa shape index (κ1) is 5.25. The Bertz CT molecular complexity index is 20.9. The lowest BCUT2D eigenvalue weighted by Crippen LogP contribution is -2.16. The first-order valence-corrected chi connectivity index (χ1v) is 1.95. The molecule has 0 spiro atoms. The van der Waals surface area contributed by atoms with E-state index in [9.17, 15) is 0 Å². The molecule has 0 aromatic carbocycles. The second kappa shape index (κ2) is 2.49. The third-order valence-electron chi connectivity index (χ3n) is 0.198. The maximum absolute atomic E-state index is 5.15. The van der Waals surface area contributed by atoms with Crippen molar-refractivity contribution in [1.82, 2.24) is 0 Å². The van der Waals surface area contributed by atoms with Crippen LogP contribution in [0.25, 0.3) is 0 Å². The largest absolute Gasteiger partial charge is 0.327 e. The highest BCUT2D eigenvalue weighted by Crippen LogP contribution is 1.75. The summed E-state index contributed by atoms with van der Waals surface area (Å²) in [5, 5.41) is 0. The SMILES string of the molecule is [CH2]C(N)CCl. The molecule has 0 aromatic heterocycles. The monoisotopic (exact) mass is 92.0 g/mol. The fourth-order valence-electron chi connectivity index (χ4n) is 0. The highest BCUT2D eigenvalue weighted by Gasteiger charge is 1.82. The standard InChI is InChI=1S/C3H7ClN/c1-3(5)2-4/h3H,1-2,5H2. The smallest absolute Gasteiger partial charge is 0.0375 e. The number of halogens is 1. The summed E-state index contributed by atoms with van der Waals surface area (Å²) in [6.07, 6.45) is 0. The van der Waals surface area contributed by atoms with Crippen LogP contribution in [0.2, 0.25) is 0 Å². The summed E-state index contributed by atoms with van der Waals surface area (Å²) in [6, 6.07) is -0.100. The van der Waals surface area contributed by atoms with Crippen molar-refractivity contribution in [1.29, 1.82) is 0 Å². The number of alkyl halides is 1. The van der Waals surface area contributed by atoms with Gasteiger partial charge in [-0.2, -0.15) is 0 Å². The van der Waals surface area contributed by atoms with E-state index in [-0.39, 0.29) is 6.04 Å². The molecule has 5 heavy (non-hydrogen) atoms. The molecule has 1 unspecified atom stereocenters. The molecular formula is C3H7ClN. The Hall–Kier alpha value is 0.250. The van der Waals surface area contributed by atoms with Crippen molar-refractivity contribution >= 4 is 11.6 Å². The molecule has 2 heteroatoms. The minimum atomic E-state index is -0.100. The minimum Gasteiger partial charge on any atom is -0.327 e. The second-order valence-corrected chi connectivity index (χ2v) is 1.22. The zero-order chi connectivity index (χ0) is 4.28. The predicted octanol–water partition coefficient (Wildman–Crippen LogP) is 0.387. The van der Waals surface area contributed by atoms with Crippen LogP contribution in [0.5, 0.6) is 0 Å². The maximum Gasteiger partial charge on any atom is 0.0375 e. The molecule has 0 aliphatic heterocycles. The molecule has 0 aliphatic carbocycles. The van der Waals surface area contributed by atoms with Gasteiger partial charge in [-0.15, -0.1) is 11.6 Å². The number of hydrogen-bond donors (Lipinski definition) is 1. The van der Waals surface area contributed by atoms with Crippen LogP contribution in [0.4, 0.5) is 0 Å². The molecule has 0 amide bonds. The van der Waals surface area contributed by atoms with Gasteiger partial charge in [0, 0.05) is 11.9 Å². The van der Waals surface area contributed by atoms with E-state index in [4.69, 9.17) is 17.3 Å². The second-order valence-electron chi connectivity index (χ2n) is 0.914. The van der Waals surface area contributed by atoms with Crippen LogP contribution in [0.15, 0.2) is 0 Å². The Labute approximate surface area is 37.1 Å².